The summed E-state index contributed by atoms with van der Waals surface area (Å²) in [5, 5.41) is 11.8. The van der Waals surface area contributed by atoms with Gasteiger partial charge >= 0.3 is 0 Å². The van der Waals surface area contributed by atoms with Gasteiger partial charge in [-0.1, -0.05) is 6.07 Å². The van der Waals surface area contributed by atoms with E-state index in [2.05, 4.69) is 5.32 Å². The van der Waals surface area contributed by atoms with E-state index in [-0.39, 0.29) is 6.61 Å². The standard InChI is InChI=1S/C12H18N2O2/c1-9-7-10(12(13)16)3-4-11(9)8-14-5-2-6-15/h3-4,7,14-15H,2,5-6,8H2,1H3,(H2,13,16). The van der Waals surface area contributed by atoms with E-state index >= 15 is 0 Å². The number of benzene rings is 1. The van der Waals surface area contributed by atoms with Crippen LogP contribution in [0.4, 0.5) is 0 Å². The topological polar surface area (TPSA) is 75.4 Å². The van der Waals surface area contributed by atoms with Gasteiger partial charge in [0.2, 0.25) is 5.91 Å². The second kappa shape index (κ2) is 6.25. The van der Waals surface area contributed by atoms with Crippen LogP contribution in [0.2, 0.25) is 0 Å². The lowest BCUT2D eigenvalue weighted by molar-refractivity contribution is 0.1000. The third-order valence-electron chi connectivity index (χ3n) is 2.45. The van der Waals surface area contributed by atoms with E-state index in [1.54, 1.807) is 12.1 Å². The van der Waals surface area contributed by atoms with Gasteiger partial charge < -0.3 is 16.2 Å². The maximum absolute atomic E-state index is 10.9. The summed E-state index contributed by atoms with van der Waals surface area (Å²) in [4.78, 5) is 10.9. The molecule has 0 saturated heterocycles. The summed E-state index contributed by atoms with van der Waals surface area (Å²) in [5.41, 5.74) is 7.92. The molecule has 0 unspecified atom stereocenters. The molecule has 1 aromatic carbocycles. The molecule has 1 amide bonds. The molecule has 0 fully saturated rings. The van der Waals surface area contributed by atoms with E-state index in [0.717, 1.165) is 30.6 Å². The molecular formula is C12H18N2O2. The third kappa shape index (κ3) is 3.64. The number of rotatable bonds is 6. The number of aliphatic hydroxyl groups is 1. The Bertz CT molecular complexity index is 364. The molecule has 88 valence electrons. The summed E-state index contributed by atoms with van der Waals surface area (Å²) < 4.78 is 0. The first-order chi connectivity index (χ1) is 7.65. The molecule has 0 saturated carbocycles. The van der Waals surface area contributed by atoms with Crippen LogP contribution in [0.15, 0.2) is 18.2 Å². The van der Waals surface area contributed by atoms with Crippen molar-refractivity contribution in [3.05, 3.63) is 34.9 Å². The third-order valence-corrected chi connectivity index (χ3v) is 2.45. The van der Waals surface area contributed by atoms with Gasteiger partial charge in [0, 0.05) is 18.7 Å². The fraction of sp³-hybridized carbons (Fsp3) is 0.417. The van der Waals surface area contributed by atoms with Crippen LogP contribution in [0.5, 0.6) is 0 Å². The minimum absolute atomic E-state index is 0.201. The van der Waals surface area contributed by atoms with Crippen LogP contribution < -0.4 is 11.1 Å². The Kier molecular flexibility index (Phi) is 4.95. The predicted molar refractivity (Wildman–Crippen MR) is 63.1 cm³/mol. The molecular weight excluding hydrogens is 204 g/mol. The number of hydrogen-bond donors (Lipinski definition) is 3. The zero-order chi connectivity index (χ0) is 12.0. The van der Waals surface area contributed by atoms with Gasteiger partial charge in [-0.05, 0) is 43.1 Å². The number of nitrogens with two attached hydrogens (primary N) is 1. The predicted octanol–water partition coefficient (Wildman–Crippen LogP) is 0.566. The maximum Gasteiger partial charge on any atom is 0.248 e. The molecule has 0 aliphatic heterocycles. The molecule has 0 bridgehead atoms. The van der Waals surface area contributed by atoms with Gasteiger partial charge in [-0.3, -0.25) is 4.79 Å². The van der Waals surface area contributed by atoms with Crippen LogP contribution in [-0.2, 0) is 6.54 Å². The molecule has 0 spiro atoms. The number of amides is 1. The second-order valence-electron chi connectivity index (χ2n) is 3.76. The molecule has 4 N–H and O–H groups in total. The highest BCUT2D eigenvalue weighted by atomic mass is 16.3. The Labute approximate surface area is 95.5 Å². The first kappa shape index (κ1) is 12.7. The number of primary amides is 1. The monoisotopic (exact) mass is 222 g/mol. The van der Waals surface area contributed by atoms with Crippen molar-refractivity contribution in [2.45, 2.75) is 19.9 Å². The van der Waals surface area contributed by atoms with Crippen molar-refractivity contribution in [1.29, 1.82) is 0 Å². The molecule has 0 radical (unpaired) electrons. The maximum atomic E-state index is 10.9. The number of carbonyl (C=O) groups excluding carboxylic acids is 1. The van der Waals surface area contributed by atoms with Crippen LogP contribution in [0, 0.1) is 6.92 Å². The van der Waals surface area contributed by atoms with Crippen LogP contribution in [0.1, 0.15) is 27.9 Å². The normalized spacial score (nSPS) is 10.4. The van der Waals surface area contributed by atoms with Gasteiger partial charge in [-0.15, -0.1) is 0 Å². The molecule has 0 aliphatic carbocycles. The van der Waals surface area contributed by atoms with E-state index in [1.807, 2.05) is 13.0 Å². The lowest BCUT2D eigenvalue weighted by Gasteiger charge is -2.08. The Morgan fingerprint density at radius 3 is 2.81 bits per heavy atom. The Morgan fingerprint density at radius 1 is 1.50 bits per heavy atom. The van der Waals surface area contributed by atoms with Crippen LogP contribution in [0.3, 0.4) is 0 Å². The summed E-state index contributed by atoms with van der Waals surface area (Å²) in [5.74, 6) is -0.400. The van der Waals surface area contributed by atoms with Crippen molar-refractivity contribution in [3.8, 4) is 0 Å². The van der Waals surface area contributed by atoms with Crippen molar-refractivity contribution in [2.75, 3.05) is 13.2 Å². The molecule has 16 heavy (non-hydrogen) atoms. The minimum atomic E-state index is -0.400. The highest BCUT2D eigenvalue weighted by molar-refractivity contribution is 5.93. The molecule has 0 atom stereocenters. The van der Waals surface area contributed by atoms with Gasteiger partial charge in [0.1, 0.15) is 0 Å². The van der Waals surface area contributed by atoms with Crippen molar-refractivity contribution < 1.29 is 9.90 Å². The van der Waals surface area contributed by atoms with Gasteiger partial charge in [-0.2, -0.15) is 0 Å². The van der Waals surface area contributed by atoms with Gasteiger partial charge in [-0.25, -0.2) is 0 Å². The molecule has 4 heteroatoms. The van der Waals surface area contributed by atoms with E-state index in [4.69, 9.17) is 10.8 Å². The summed E-state index contributed by atoms with van der Waals surface area (Å²) in [6.07, 6.45) is 0.748. The molecule has 1 rings (SSSR count). The fourth-order valence-electron chi connectivity index (χ4n) is 1.47. The van der Waals surface area contributed by atoms with E-state index < -0.39 is 5.91 Å². The minimum Gasteiger partial charge on any atom is -0.396 e. The molecule has 0 heterocycles. The SMILES string of the molecule is Cc1cc(C(N)=O)ccc1CNCCCO. The largest absolute Gasteiger partial charge is 0.396 e. The van der Waals surface area contributed by atoms with Crippen molar-refractivity contribution in [1.82, 2.24) is 5.32 Å². The number of hydrogen-bond acceptors (Lipinski definition) is 3. The Balaban J connectivity index is 2.57. The van der Waals surface area contributed by atoms with Crippen LogP contribution in [0.25, 0.3) is 0 Å². The molecule has 1 aromatic rings. The van der Waals surface area contributed by atoms with Gasteiger partial charge in [0.25, 0.3) is 0 Å². The Hall–Kier alpha value is -1.39. The lowest BCUT2D eigenvalue weighted by atomic mass is 10.0. The lowest BCUT2D eigenvalue weighted by Crippen LogP contribution is -2.17. The average molecular weight is 222 g/mol. The molecule has 4 nitrogen and oxygen atoms in total. The smallest absolute Gasteiger partial charge is 0.248 e. The Morgan fingerprint density at radius 2 is 2.25 bits per heavy atom. The zero-order valence-electron chi connectivity index (χ0n) is 9.49. The first-order valence-corrected chi connectivity index (χ1v) is 5.36. The van der Waals surface area contributed by atoms with Crippen LogP contribution in [-0.4, -0.2) is 24.2 Å². The summed E-state index contributed by atoms with van der Waals surface area (Å²) in [6, 6.07) is 5.44. The fourth-order valence-corrected chi connectivity index (χ4v) is 1.47. The quantitative estimate of drug-likeness (QED) is 0.616. The number of nitrogens with one attached hydrogen (secondary N) is 1. The van der Waals surface area contributed by atoms with Crippen molar-refractivity contribution in [3.63, 3.8) is 0 Å². The molecule has 0 aromatic heterocycles. The number of aliphatic hydroxyl groups excluding tert-OH is 1. The van der Waals surface area contributed by atoms with Gasteiger partial charge in [0.15, 0.2) is 0 Å². The summed E-state index contributed by atoms with van der Waals surface area (Å²) in [6.45, 7) is 3.68. The van der Waals surface area contributed by atoms with Crippen molar-refractivity contribution in [2.24, 2.45) is 5.73 Å². The first-order valence-electron chi connectivity index (χ1n) is 5.36. The second-order valence-corrected chi connectivity index (χ2v) is 3.76. The van der Waals surface area contributed by atoms with Crippen molar-refractivity contribution >= 4 is 5.91 Å². The van der Waals surface area contributed by atoms with Gasteiger partial charge in [0.05, 0.1) is 0 Å². The van der Waals surface area contributed by atoms with E-state index in [0.29, 0.717) is 5.56 Å². The number of aryl methyl sites for hydroxylation is 1. The van der Waals surface area contributed by atoms with E-state index in [9.17, 15) is 4.79 Å². The summed E-state index contributed by atoms with van der Waals surface area (Å²) in [7, 11) is 0. The molecule has 0 aliphatic rings. The van der Waals surface area contributed by atoms with E-state index in [1.165, 1.54) is 0 Å². The average Bonchev–Trinajstić information content (AvgIpc) is 2.26. The van der Waals surface area contributed by atoms with Crippen LogP contribution >= 0.6 is 0 Å². The highest BCUT2D eigenvalue weighted by Gasteiger charge is 2.03. The number of carbonyl (C=O) groups is 1. The summed E-state index contributed by atoms with van der Waals surface area (Å²) >= 11 is 0. The highest BCUT2D eigenvalue weighted by Crippen LogP contribution is 2.10. The zero-order valence-corrected chi connectivity index (χ0v) is 9.49.